The van der Waals surface area contributed by atoms with Crippen molar-refractivity contribution < 1.29 is 13.2 Å². The highest BCUT2D eigenvalue weighted by molar-refractivity contribution is 9.10. The molecule has 116 valence electrons. The van der Waals surface area contributed by atoms with E-state index in [1.54, 1.807) is 6.20 Å². The summed E-state index contributed by atoms with van der Waals surface area (Å²) in [5, 5.41) is 2.78. The van der Waals surface area contributed by atoms with Crippen LogP contribution in [-0.2, 0) is 14.8 Å². The summed E-state index contributed by atoms with van der Waals surface area (Å²) in [6, 6.07) is 1.54. The van der Waals surface area contributed by atoms with E-state index in [2.05, 4.69) is 26.2 Å². The lowest BCUT2D eigenvalue weighted by atomic mass is 9.97. The fraction of sp³-hybridized carbons (Fsp3) is 0.538. The molecule has 0 saturated carbocycles. The molecule has 1 N–H and O–H groups in total. The lowest BCUT2D eigenvalue weighted by Gasteiger charge is -2.30. The van der Waals surface area contributed by atoms with Crippen LogP contribution >= 0.6 is 15.9 Å². The Morgan fingerprint density at radius 2 is 2.10 bits per heavy atom. The van der Waals surface area contributed by atoms with Crippen molar-refractivity contribution in [3.63, 3.8) is 0 Å². The van der Waals surface area contributed by atoms with Crippen LogP contribution in [0.3, 0.4) is 0 Å². The van der Waals surface area contributed by atoms with Crippen molar-refractivity contribution in [3.05, 3.63) is 22.9 Å². The van der Waals surface area contributed by atoms with Gasteiger partial charge in [-0.1, -0.05) is 0 Å². The number of sulfonamides is 1. The van der Waals surface area contributed by atoms with Crippen LogP contribution in [0.25, 0.3) is 0 Å². The first kappa shape index (κ1) is 16.4. The van der Waals surface area contributed by atoms with Crippen molar-refractivity contribution >= 4 is 31.9 Å². The largest absolute Gasteiger partial charge is 0.356 e. The molecule has 1 fully saturated rings. The molecule has 0 atom stereocenters. The minimum absolute atomic E-state index is 0.0127. The van der Waals surface area contributed by atoms with Gasteiger partial charge in [-0.25, -0.2) is 8.42 Å². The average Bonchev–Trinajstić information content (AvgIpc) is 2.47. The van der Waals surface area contributed by atoms with Gasteiger partial charge in [0.2, 0.25) is 15.9 Å². The molecule has 0 bridgehead atoms. The van der Waals surface area contributed by atoms with Crippen molar-refractivity contribution in [1.29, 1.82) is 0 Å². The number of aromatic nitrogens is 1. The van der Waals surface area contributed by atoms with Crippen LogP contribution in [0.2, 0.25) is 0 Å². The number of amides is 1. The summed E-state index contributed by atoms with van der Waals surface area (Å²) in [6.45, 7) is 3.19. The Morgan fingerprint density at radius 1 is 1.43 bits per heavy atom. The number of pyridine rings is 1. The van der Waals surface area contributed by atoms with Gasteiger partial charge in [0.1, 0.15) is 4.90 Å². The number of rotatable bonds is 4. The zero-order valence-corrected chi connectivity index (χ0v) is 14.2. The fourth-order valence-electron chi connectivity index (χ4n) is 2.36. The minimum atomic E-state index is -3.54. The Balaban J connectivity index is 2.06. The lowest BCUT2D eigenvalue weighted by molar-refractivity contribution is -0.126. The predicted molar refractivity (Wildman–Crippen MR) is 82.1 cm³/mol. The van der Waals surface area contributed by atoms with E-state index in [9.17, 15) is 13.2 Å². The monoisotopic (exact) mass is 375 g/mol. The number of piperidine rings is 1. The number of carbonyl (C=O) groups is 1. The zero-order chi connectivity index (χ0) is 15.5. The van der Waals surface area contributed by atoms with E-state index in [1.807, 2.05) is 6.92 Å². The Hall–Kier alpha value is -0.990. The first-order valence-corrected chi connectivity index (χ1v) is 9.07. The van der Waals surface area contributed by atoms with E-state index in [0.717, 1.165) is 0 Å². The van der Waals surface area contributed by atoms with Crippen LogP contribution in [0.4, 0.5) is 0 Å². The molecule has 0 aromatic carbocycles. The molecule has 1 amide bonds. The number of nitrogens with zero attached hydrogens (tertiary/aromatic N) is 2. The minimum Gasteiger partial charge on any atom is -0.356 e. The van der Waals surface area contributed by atoms with Crippen molar-refractivity contribution in [2.45, 2.75) is 24.7 Å². The molecule has 0 unspecified atom stereocenters. The smallest absolute Gasteiger partial charge is 0.244 e. The van der Waals surface area contributed by atoms with Gasteiger partial charge in [0, 0.05) is 42.4 Å². The summed E-state index contributed by atoms with van der Waals surface area (Å²) < 4.78 is 27.1. The molecule has 6 nitrogen and oxygen atoms in total. The van der Waals surface area contributed by atoms with E-state index in [1.165, 1.54) is 16.6 Å². The number of hydrogen-bond acceptors (Lipinski definition) is 4. The molecular formula is C13H18BrN3O3S. The lowest BCUT2D eigenvalue weighted by Crippen LogP contribution is -2.42. The number of nitrogens with one attached hydrogen (secondary N) is 1. The van der Waals surface area contributed by atoms with E-state index in [4.69, 9.17) is 0 Å². The van der Waals surface area contributed by atoms with Crippen molar-refractivity contribution in [2.75, 3.05) is 19.6 Å². The van der Waals surface area contributed by atoms with Crippen molar-refractivity contribution in [3.8, 4) is 0 Å². The average molecular weight is 376 g/mol. The molecule has 1 aliphatic heterocycles. The molecule has 0 radical (unpaired) electrons. The molecular weight excluding hydrogens is 358 g/mol. The van der Waals surface area contributed by atoms with Crippen molar-refractivity contribution in [2.24, 2.45) is 5.92 Å². The van der Waals surface area contributed by atoms with Gasteiger partial charge in [0.25, 0.3) is 0 Å². The molecule has 1 aromatic rings. The third kappa shape index (κ3) is 3.81. The standard InChI is InChI=1S/C13H18BrN3O3S/c1-2-16-13(18)10-3-5-17(6-4-10)21(19,20)12-7-11(14)8-15-9-12/h7-10H,2-6H2,1H3,(H,16,18). The normalized spacial score (nSPS) is 17.6. The number of hydrogen-bond donors (Lipinski definition) is 1. The van der Waals surface area contributed by atoms with E-state index in [-0.39, 0.29) is 16.7 Å². The van der Waals surface area contributed by atoms with Crippen LogP contribution in [0.15, 0.2) is 27.8 Å². The highest BCUT2D eigenvalue weighted by atomic mass is 79.9. The maximum atomic E-state index is 12.5. The summed E-state index contributed by atoms with van der Waals surface area (Å²) in [5.41, 5.74) is 0. The van der Waals surface area contributed by atoms with Gasteiger partial charge >= 0.3 is 0 Å². The topological polar surface area (TPSA) is 79.4 Å². The van der Waals surface area contributed by atoms with Crippen LogP contribution in [-0.4, -0.2) is 43.2 Å². The Bertz CT molecular complexity index is 613. The van der Waals surface area contributed by atoms with Crippen LogP contribution in [0.5, 0.6) is 0 Å². The molecule has 2 heterocycles. The first-order valence-electron chi connectivity index (χ1n) is 6.83. The van der Waals surface area contributed by atoms with Gasteiger partial charge in [-0.3, -0.25) is 9.78 Å². The van der Waals surface area contributed by atoms with Gasteiger partial charge in [-0.15, -0.1) is 0 Å². The maximum Gasteiger partial charge on any atom is 0.244 e. The molecule has 0 spiro atoms. The fourth-order valence-corrected chi connectivity index (χ4v) is 4.34. The maximum absolute atomic E-state index is 12.5. The van der Waals surface area contributed by atoms with E-state index < -0.39 is 10.0 Å². The van der Waals surface area contributed by atoms with Gasteiger partial charge < -0.3 is 5.32 Å². The highest BCUT2D eigenvalue weighted by Crippen LogP contribution is 2.24. The SMILES string of the molecule is CCNC(=O)C1CCN(S(=O)(=O)c2cncc(Br)c2)CC1. The Kier molecular flexibility index (Phi) is 5.34. The third-order valence-corrected chi connectivity index (χ3v) is 5.79. The first-order chi connectivity index (χ1) is 9.95. The Labute approximate surface area is 133 Å². The second-order valence-corrected chi connectivity index (χ2v) is 7.77. The third-order valence-electron chi connectivity index (χ3n) is 3.49. The summed E-state index contributed by atoms with van der Waals surface area (Å²) in [4.78, 5) is 15.8. The molecule has 1 aromatic heterocycles. The predicted octanol–water partition coefficient (Wildman–Crippen LogP) is 1.38. The van der Waals surface area contributed by atoms with Crippen LogP contribution in [0, 0.1) is 5.92 Å². The molecule has 2 rings (SSSR count). The number of carbonyl (C=O) groups excluding carboxylic acids is 1. The van der Waals surface area contributed by atoms with Crippen LogP contribution in [0.1, 0.15) is 19.8 Å². The molecule has 1 aliphatic rings. The summed E-state index contributed by atoms with van der Waals surface area (Å²) in [6.07, 6.45) is 3.98. The summed E-state index contributed by atoms with van der Waals surface area (Å²) in [5.74, 6) is -0.0873. The summed E-state index contributed by atoms with van der Waals surface area (Å²) in [7, 11) is -3.54. The molecule has 1 saturated heterocycles. The van der Waals surface area contributed by atoms with Gasteiger partial charge in [0.05, 0.1) is 0 Å². The van der Waals surface area contributed by atoms with E-state index >= 15 is 0 Å². The number of halogens is 1. The molecule has 8 heteroatoms. The summed E-state index contributed by atoms with van der Waals surface area (Å²) >= 11 is 3.23. The highest BCUT2D eigenvalue weighted by Gasteiger charge is 2.32. The van der Waals surface area contributed by atoms with Gasteiger partial charge in [-0.05, 0) is 41.8 Å². The second kappa shape index (κ2) is 6.85. The molecule has 0 aliphatic carbocycles. The quantitative estimate of drug-likeness (QED) is 0.861. The van der Waals surface area contributed by atoms with Crippen LogP contribution < -0.4 is 5.32 Å². The van der Waals surface area contributed by atoms with Crippen molar-refractivity contribution in [1.82, 2.24) is 14.6 Å². The van der Waals surface area contributed by atoms with E-state index in [0.29, 0.717) is 36.9 Å². The zero-order valence-electron chi connectivity index (χ0n) is 11.8. The van der Waals surface area contributed by atoms with Gasteiger partial charge in [0.15, 0.2) is 0 Å². The second-order valence-electron chi connectivity index (χ2n) is 4.91. The molecule has 21 heavy (non-hydrogen) atoms. The van der Waals surface area contributed by atoms with Gasteiger partial charge in [-0.2, -0.15) is 4.31 Å². The Morgan fingerprint density at radius 3 is 2.67 bits per heavy atom.